The highest BCUT2D eigenvalue weighted by Crippen LogP contribution is 2.15. The first-order valence-electron chi connectivity index (χ1n) is 10.3. The second kappa shape index (κ2) is 11.2. The van der Waals surface area contributed by atoms with E-state index in [4.69, 9.17) is 4.74 Å². The van der Waals surface area contributed by atoms with E-state index < -0.39 is 10.0 Å². The number of sulfonamides is 1. The summed E-state index contributed by atoms with van der Waals surface area (Å²) in [6.45, 7) is 9.82. The number of rotatable bonds is 9. The quantitative estimate of drug-likeness (QED) is 0.430. The molecule has 8 nitrogen and oxygen atoms in total. The monoisotopic (exact) mass is 403 g/mol. The molecule has 0 bridgehead atoms. The molecule has 0 aromatic rings. The molecule has 2 aliphatic rings. The van der Waals surface area contributed by atoms with E-state index in [1.165, 1.54) is 0 Å². The SMILES string of the molecule is CCN(CC)C1CCN(C(=NC)NCCS(=O)(=O)NCC2CCCCO2)C1. The van der Waals surface area contributed by atoms with Crippen molar-refractivity contribution >= 4 is 16.0 Å². The van der Waals surface area contributed by atoms with Gasteiger partial charge in [-0.1, -0.05) is 13.8 Å². The molecule has 0 amide bonds. The van der Waals surface area contributed by atoms with Gasteiger partial charge in [0.15, 0.2) is 5.96 Å². The average molecular weight is 404 g/mol. The summed E-state index contributed by atoms with van der Waals surface area (Å²) in [6.07, 6.45) is 4.22. The van der Waals surface area contributed by atoms with Gasteiger partial charge < -0.3 is 15.0 Å². The van der Waals surface area contributed by atoms with Crippen molar-refractivity contribution < 1.29 is 13.2 Å². The second-order valence-electron chi connectivity index (χ2n) is 7.24. The van der Waals surface area contributed by atoms with Gasteiger partial charge in [-0.15, -0.1) is 0 Å². The van der Waals surface area contributed by atoms with Crippen LogP contribution in [-0.2, 0) is 14.8 Å². The summed E-state index contributed by atoms with van der Waals surface area (Å²) in [7, 11) is -1.56. The fourth-order valence-corrected chi connectivity index (χ4v) is 4.82. The fraction of sp³-hybridized carbons (Fsp3) is 0.944. The number of nitrogens with one attached hydrogen (secondary N) is 2. The third-order valence-corrected chi connectivity index (χ3v) is 6.81. The number of likely N-dealkylation sites (N-methyl/N-ethyl adjacent to an activating group) is 1. The molecule has 0 spiro atoms. The first-order chi connectivity index (χ1) is 13.0. The van der Waals surface area contributed by atoms with Crippen molar-refractivity contribution in [2.45, 2.75) is 51.7 Å². The van der Waals surface area contributed by atoms with Gasteiger partial charge in [0, 0.05) is 45.9 Å². The summed E-state index contributed by atoms with van der Waals surface area (Å²) < 4.78 is 32.7. The van der Waals surface area contributed by atoms with Gasteiger partial charge in [0.25, 0.3) is 0 Å². The third-order valence-electron chi connectivity index (χ3n) is 5.46. The van der Waals surface area contributed by atoms with Crippen LogP contribution < -0.4 is 10.0 Å². The Hall–Kier alpha value is -0.900. The minimum absolute atomic E-state index is 0.0101. The zero-order valence-electron chi connectivity index (χ0n) is 17.1. The van der Waals surface area contributed by atoms with Crippen LogP contribution in [0.25, 0.3) is 0 Å². The highest BCUT2D eigenvalue weighted by Gasteiger charge is 2.28. The minimum Gasteiger partial charge on any atom is -0.377 e. The Bertz CT molecular complexity index is 559. The van der Waals surface area contributed by atoms with E-state index in [1.54, 1.807) is 7.05 Å². The first kappa shape index (κ1) is 22.4. The van der Waals surface area contributed by atoms with Crippen LogP contribution in [0.1, 0.15) is 39.5 Å². The Balaban J connectivity index is 1.72. The lowest BCUT2D eigenvalue weighted by Crippen LogP contribution is -2.45. The lowest BCUT2D eigenvalue weighted by Gasteiger charge is -2.27. The number of aliphatic imine (C=N–C) groups is 1. The Labute approximate surface area is 164 Å². The minimum atomic E-state index is -3.31. The van der Waals surface area contributed by atoms with Gasteiger partial charge in [-0.2, -0.15) is 0 Å². The van der Waals surface area contributed by atoms with Crippen LogP contribution in [-0.4, -0.2) is 95.0 Å². The zero-order chi connectivity index (χ0) is 19.7. The van der Waals surface area contributed by atoms with E-state index in [9.17, 15) is 8.42 Å². The molecule has 0 radical (unpaired) electrons. The smallest absolute Gasteiger partial charge is 0.213 e. The average Bonchev–Trinajstić information content (AvgIpc) is 3.15. The molecule has 2 N–H and O–H groups in total. The fourth-order valence-electron chi connectivity index (χ4n) is 3.86. The van der Waals surface area contributed by atoms with Gasteiger partial charge in [-0.25, -0.2) is 13.1 Å². The summed E-state index contributed by atoms with van der Waals surface area (Å²) in [5.74, 6) is 0.821. The van der Waals surface area contributed by atoms with Crippen molar-refractivity contribution in [1.29, 1.82) is 0 Å². The normalized spacial score (nSPS) is 24.6. The third kappa shape index (κ3) is 7.21. The summed E-state index contributed by atoms with van der Waals surface area (Å²) in [5, 5.41) is 3.21. The molecule has 158 valence electrons. The van der Waals surface area contributed by atoms with Crippen LogP contribution in [0, 0.1) is 0 Å². The molecule has 2 rings (SSSR count). The van der Waals surface area contributed by atoms with Crippen LogP contribution in [0.2, 0.25) is 0 Å². The summed E-state index contributed by atoms with van der Waals surface area (Å²) in [5.41, 5.74) is 0. The largest absolute Gasteiger partial charge is 0.377 e. The maximum Gasteiger partial charge on any atom is 0.213 e. The van der Waals surface area contributed by atoms with Crippen LogP contribution in [0.5, 0.6) is 0 Å². The molecule has 2 atom stereocenters. The Kier molecular flexibility index (Phi) is 9.28. The van der Waals surface area contributed by atoms with Crippen molar-refractivity contribution in [2.24, 2.45) is 4.99 Å². The van der Waals surface area contributed by atoms with Gasteiger partial charge in [0.1, 0.15) is 0 Å². The van der Waals surface area contributed by atoms with Crippen LogP contribution in [0.15, 0.2) is 4.99 Å². The summed E-state index contributed by atoms with van der Waals surface area (Å²) >= 11 is 0. The van der Waals surface area contributed by atoms with Gasteiger partial charge >= 0.3 is 0 Å². The van der Waals surface area contributed by atoms with Gasteiger partial charge in [-0.05, 0) is 38.8 Å². The van der Waals surface area contributed by atoms with E-state index >= 15 is 0 Å². The molecule has 2 heterocycles. The maximum atomic E-state index is 12.2. The van der Waals surface area contributed by atoms with Crippen LogP contribution >= 0.6 is 0 Å². The molecule has 0 aromatic heterocycles. The standard InChI is InChI=1S/C18H37N5O3S/c1-4-22(5-2)16-9-11-23(15-16)18(19-3)20-10-13-27(24,25)21-14-17-8-6-7-12-26-17/h16-17,21H,4-15H2,1-3H3,(H,19,20). The predicted octanol–water partition coefficient (Wildman–Crippen LogP) is 0.466. The number of nitrogens with zero attached hydrogens (tertiary/aromatic N) is 3. The predicted molar refractivity (Wildman–Crippen MR) is 110 cm³/mol. The number of guanidine groups is 1. The molecule has 0 aliphatic carbocycles. The highest BCUT2D eigenvalue weighted by atomic mass is 32.2. The van der Waals surface area contributed by atoms with E-state index in [0.29, 0.717) is 19.1 Å². The molecular formula is C18H37N5O3S. The van der Waals surface area contributed by atoms with Gasteiger partial charge in [-0.3, -0.25) is 9.89 Å². The van der Waals surface area contributed by atoms with Gasteiger partial charge in [0.2, 0.25) is 10.0 Å². The maximum absolute atomic E-state index is 12.2. The van der Waals surface area contributed by atoms with Crippen molar-refractivity contribution in [3.63, 3.8) is 0 Å². The first-order valence-corrected chi connectivity index (χ1v) is 11.9. The molecule has 2 saturated heterocycles. The van der Waals surface area contributed by atoms with Crippen molar-refractivity contribution in [3.8, 4) is 0 Å². The van der Waals surface area contributed by atoms with E-state index in [2.05, 4.69) is 38.7 Å². The topological polar surface area (TPSA) is 86.3 Å². The van der Waals surface area contributed by atoms with Crippen LogP contribution in [0.3, 0.4) is 0 Å². The summed E-state index contributed by atoms with van der Waals surface area (Å²) in [4.78, 5) is 9.02. The Morgan fingerprint density at radius 1 is 1.26 bits per heavy atom. The van der Waals surface area contributed by atoms with Crippen molar-refractivity contribution in [1.82, 2.24) is 19.8 Å². The lowest BCUT2D eigenvalue weighted by molar-refractivity contribution is 0.0200. The molecule has 2 fully saturated rings. The molecule has 2 unspecified atom stereocenters. The zero-order valence-corrected chi connectivity index (χ0v) is 17.9. The molecule has 9 heteroatoms. The number of ether oxygens (including phenoxy) is 1. The molecule has 0 saturated carbocycles. The lowest BCUT2D eigenvalue weighted by atomic mass is 10.1. The van der Waals surface area contributed by atoms with E-state index in [-0.39, 0.29) is 11.9 Å². The number of hydrogen-bond donors (Lipinski definition) is 2. The molecule has 27 heavy (non-hydrogen) atoms. The van der Waals surface area contributed by atoms with Gasteiger partial charge in [0.05, 0.1) is 11.9 Å². The van der Waals surface area contributed by atoms with Crippen molar-refractivity contribution in [2.75, 3.05) is 58.7 Å². The highest BCUT2D eigenvalue weighted by molar-refractivity contribution is 7.89. The van der Waals surface area contributed by atoms with E-state index in [1.807, 2.05) is 0 Å². The number of hydrogen-bond acceptors (Lipinski definition) is 5. The van der Waals surface area contributed by atoms with E-state index in [0.717, 1.165) is 64.4 Å². The molecular weight excluding hydrogens is 366 g/mol. The number of likely N-dealkylation sites (tertiary alicyclic amines) is 1. The Morgan fingerprint density at radius 2 is 2.04 bits per heavy atom. The van der Waals surface area contributed by atoms with Crippen molar-refractivity contribution in [3.05, 3.63) is 0 Å². The summed E-state index contributed by atoms with van der Waals surface area (Å²) in [6, 6.07) is 0.541. The molecule has 0 aromatic carbocycles. The van der Waals surface area contributed by atoms with Crippen LogP contribution in [0.4, 0.5) is 0 Å². The Morgan fingerprint density at radius 3 is 2.67 bits per heavy atom. The second-order valence-corrected chi connectivity index (χ2v) is 9.17. The molecule has 2 aliphatic heterocycles.